The molecule has 0 saturated heterocycles. The Balaban J connectivity index is 1.83. The number of ether oxygens (including phenoxy) is 2. The molecule has 0 saturated carbocycles. The highest BCUT2D eigenvalue weighted by Gasteiger charge is 2.50. The molecule has 3 rings (SSSR count). The van der Waals surface area contributed by atoms with Gasteiger partial charge in [-0.05, 0) is 40.5 Å². The van der Waals surface area contributed by atoms with Crippen LogP contribution in [0, 0.1) is 0 Å². The fraction of sp³-hybridized carbons (Fsp3) is 0.312. The maximum absolute atomic E-state index is 13.0. The van der Waals surface area contributed by atoms with Gasteiger partial charge in [0.2, 0.25) is 0 Å². The third-order valence-corrected chi connectivity index (χ3v) is 12.6. The molecule has 2 atom stereocenters. The van der Waals surface area contributed by atoms with Gasteiger partial charge in [-0.25, -0.2) is 4.79 Å². The summed E-state index contributed by atoms with van der Waals surface area (Å²) < 4.78 is 17.6. The average Bonchev–Trinajstić information content (AvgIpc) is 2.94. The number of hydrogen-bond donors (Lipinski definition) is 0. The van der Waals surface area contributed by atoms with Gasteiger partial charge in [0.25, 0.3) is 8.32 Å². The van der Waals surface area contributed by atoms with Crippen molar-refractivity contribution in [2.24, 2.45) is 0 Å². The summed E-state index contributed by atoms with van der Waals surface area (Å²) in [6.07, 6.45) is 2.63. The second-order valence-electron chi connectivity index (χ2n) is 10.2. The van der Waals surface area contributed by atoms with E-state index in [1.54, 1.807) is 6.08 Å². The van der Waals surface area contributed by atoms with Crippen molar-refractivity contribution in [3.8, 4) is 0 Å². The zero-order valence-electron chi connectivity index (χ0n) is 23.3. The molecule has 39 heavy (non-hydrogen) atoms. The first-order valence-corrected chi connectivity index (χ1v) is 15.9. The van der Waals surface area contributed by atoms with Gasteiger partial charge < -0.3 is 13.9 Å². The maximum atomic E-state index is 13.0. The standard InChI is InChI=1S/C32H38O5SSi/c1-25(38-27-15-9-6-10-16-27)31(34)37-26(21-22-30(33)35-5)23-24-36-39(32(2,3)4,28-17-11-7-12-18-28)29-19-13-8-14-20-29/h6-22,25-26H,23-24H2,1-5H3/b22-21+/t25-,26-/m0/s1. The Kier molecular flexibility index (Phi) is 11.2. The monoisotopic (exact) mass is 562 g/mol. The summed E-state index contributed by atoms with van der Waals surface area (Å²) in [5.41, 5.74) is 0. The van der Waals surface area contributed by atoms with Crippen LogP contribution in [0.1, 0.15) is 34.1 Å². The van der Waals surface area contributed by atoms with Gasteiger partial charge in [-0.2, -0.15) is 0 Å². The number of carbonyl (C=O) groups excluding carboxylic acids is 2. The van der Waals surface area contributed by atoms with Crippen molar-refractivity contribution in [3.63, 3.8) is 0 Å². The Morgan fingerprint density at radius 2 is 1.38 bits per heavy atom. The van der Waals surface area contributed by atoms with Crippen molar-refractivity contribution in [1.29, 1.82) is 0 Å². The lowest BCUT2D eigenvalue weighted by Gasteiger charge is -2.43. The van der Waals surface area contributed by atoms with Crippen LogP contribution in [0.15, 0.2) is 108 Å². The molecule has 0 spiro atoms. The number of benzene rings is 3. The van der Waals surface area contributed by atoms with Gasteiger partial charge in [-0.1, -0.05) is 99.6 Å². The third kappa shape index (κ3) is 8.18. The predicted molar refractivity (Wildman–Crippen MR) is 161 cm³/mol. The van der Waals surface area contributed by atoms with Crippen molar-refractivity contribution < 1.29 is 23.5 Å². The van der Waals surface area contributed by atoms with E-state index in [0.29, 0.717) is 13.0 Å². The Morgan fingerprint density at radius 3 is 1.87 bits per heavy atom. The summed E-state index contributed by atoms with van der Waals surface area (Å²) in [7, 11) is -1.42. The number of thioether (sulfide) groups is 1. The van der Waals surface area contributed by atoms with E-state index >= 15 is 0 Å². The lowest BCUT2D eigenvalue weighted by atomic mass is 10.2. The minimum atomic E-state index is -2.74. The highest BCUT2D eigenvalue weighted by Crippen LogP contribution is 2.37. The average molecular weight is 563 g/mol. The normalized spacial score (nSPS) is 13.6. The van der Waals surface area contributed by atoms with Gasteiger partial charge in [-0.3, -0.25) is 4.79 Å². The summed E-state index contributed by atoms with van der Waals surface area (Å²) in [4.78, 5) is 25.8. The third-order valence-electron chi connectivity index (χ3n) is 6.44. The molecule has 0 fully saturated rings. The molecule has 0 amide bonds. The molecule has 0 N–H and O–H groups in total. The molecule has 0 aliphatic carbocycles. The molecule has 3 aromatic carbocycles. The molecule has 0 unspecified atom stereocenters. The predicted octanol–water partition coefficient (Wildman–Crippen LogP) is 5.77. The molecule has 3 aromatic rings. The number of hydrogen-bond acceptors (Lipinski definition) is 6. The van der Waals surface area contributed by atoms with Crippen molar-refractivity contribution in [2.75, 3.05) is 13.7 Å². The molecule has 7 heteroatoms. The number of rotatable bonds is 12. The lowest BCUT2D eigenvalue weighted by Crippen LogP contribution is -2.66. The van der Waals surface area contributed by atoms with Crippen molar-refractivity contribution >= 4 is 42.4 Å². The van der Waals surface area contributed by atoms with Crippen LogP contribution in [0.5, 0.6) is 0 Å². The zero-order valence-corrected chi connectivity index (χ0v) is 25.1. The van der Waals surface area contributed by atoms with Crippen LogP contribution in [-0.2, 0) is 23.5 Å². The van der Waals surface area contributed by atoms with Gasteiger partial charge in [0.1, 0.15) is 11.4 Å². The van der Waals surface area contributed by atoms with E-state index in [4.69, 9.17) is 13.9 Å². The largest absolute Gasteiger partial charge is 0.466 e. The summed E-state index contributed by atoms with van der Waals surface area (Å²) in [5, 5.41) is 1.76. The Hall–Kier alpha value is -3.13. The fourth-order valence-electron chi connectivity index (χ4n) is 4.53. The minimum Gasteiger partial charge on any atom is -0.466 e. The topological polar surface area (TPSA) is 61.8 Å². The highest BCUT2D eigenvalue weighted by molar-refractivity contribution is 8.00. The van der Waals surface area contributed by atoms with Gasteiger partial charge >= 0.3 is 11.9 Å². The van der Waals surface area contributed by atoms with E-state index in [-0.39, 0.29) is 11.0 Å². The van der Waals surface area contributed by atoms with Gasteiger partial charge in [-0.15, -0.1) is 11.8 Å². The highest BCUT2D eigenvalue weighted by atomic mass is 32.2. The van der Waals surface area contributed by atoms with Crippen LogP contribution < -0.4 is 10.4 Å². The summed E-state index contributed by atoms with van der Waals surface area (Å²) in [6.45, 7) is 8.82. The molecule has 0 heterocycles. The molecule has 0 aromatic heterocycles. The minimum absolute atomic E-state index is 0.176. The molecule has 5 nitrogen and oxygen atoms in total. The Bertz CT molecular complexity index is 1170. The summed E-state index contributed by atoms with van der Waals surface area (Å²) >= 11 is 1.43. The van der Waals surface area contributed by atoms with E-state index in [0.717, 1.165) is 4.90 Å². The second-order valence-corrected chi connectivity index (χ2v) is 16.0. The smallest absolute Gasteiger partial charge is 0.330 e. The van der Waals surface area contributed by atoms with E-state index in [1.807, 2.05) is 73.7 Å². The first-order chi connectivity index (χ1) is 18.7. The van der Waals surface area contributed by atoms with Crippen LogP contribution in [0.3, 0.4) is 0 Å². The molecular formula is C32H38O5SSi. The van der Waals surface area contributed by atoms with E-state index in [9.17, 15) is 9.59 Å². The lowest BCUT2D eigenvalue weighted by molar-refractivity contribution is -0.146. The molecule has 0 bridgehead atoms. The van der Waals surface area contributed by atoms with Gasteiger partial charge in [0, 0.05) is 24.0 Å². The number of methoxy groups -OCH3 is 1. The van der Waals surface area contributed by atoms with E-state index < -0.39 is 25.6 Å². The fourth-order valence-corrected chi connectivity index (χ4v) is 9.99. The van der Waals surface area contributed by atoms with Crippen molar-refractivity contribution in [3.05, 3.63) is 103 Å². The zero-order chi connectivity index (χ0) is 28.3. The molecule has 0 aliphatic rings. The molecule has 206 valence electrons. The second kappa shape index (κ2) is 14.3. The van der Waals surface area contributed by atoms with E-state index in [2.05, 4.69) is 45.0 Å². The summed E-state index contributed by atoms with van der Waals surface area (Å²) in [6, 6.07) is 30.5. The Morgan fingerprint density at radius 1 is 0.872 bits per heavy atom. The maximum Gasteiger partial charge on any atom is 0.330 e. The SMILES string of the molecule is COC(=O)/C=C/[C@@H](CCO[Si](c1ccccc1)(c1ccccc1)C(C)(C)C)OC(=O)[C@H](C)Sc1ccccc1. The van der Waals surface area contributed by atoms with Crippen molar-refractivity contribution in [1.82, 2.24) is 0 Å². The molecule has 0 aliphatic heterocycles. The van der Waals surface area contributed by atoms with Crippen LogP contribution in [0.25, 0.3) is 0 Å². The summed E-state index contributed by atoms with van der Waals surface area (Å²) in [5.74, 6) is -0.857. The number of carbonyl (C=O) groups is 2. The van der Waals surface area contributed by atoms with Gasteiger partial charge in [0.05, 0.1) is 7.11 Å². The first kappa shape index (κ1) is 30.4. The van der Waals surface area contributed by atoms with Gasteiger partial charge in [0.15, 0.2) is 0 Å². The van der Waals surface area contributed by atoms with Crippen LogP contribution in [-0.4, -0.2) is 45.3 Å². The Labute approximate surface area is 237 Å². The molecular weight excluding hydrogens is 525 g/mol. The van der Waals surface area contributed by atoms with E-state index in [1.165, 1.54) is 35.3 Å². The molecule has 0 radical (unpaired) electrons. The van der Waals surface area contributed by atoms with Crippen molar-refractivity contribution in [2.45, 2.75) is 55.4 Å². The van der Waals surface area contributed by atoms with Crippen LogP contribution in [0.4, 0.5) is 0 Å². The first-order valence-electron chi connectivity index (χ1n) is 13.1. The number of esters is 2. The quantitative estimate of drug-likeness (QED) is 0.121. The van der Waals surface area contributed by atoms with Crippen LogP contribution >= 0.6 is 11.8 Å². The van der Waals surface area contributed by atoms with Crippen LogP contribution in [0.2, 0.25) is 5.04 Å².